The Morgan fingerprint density at radius 2 is 1.74 bits per heavy atom. The van der Waals surface area contributed by atoms with E-state index in [1.165, 1.54) is 6.42 Å². The number of carbonyl (C=O) groups is 1. The molecule has 0 unspecified atom stereocenters. The number of piperidine rings is 1. The fourth-order valence-electron chi connectivity index (χ4n) is 1.99. The number of nitrogens with zero attached hydrogens (tertiary/aromatic N) is 4. The van der Waals surface area contributed by atoms with E-state index in [0.717, 1.165) is 25.9 Å². The monoisotopic (exact) mass is 303 g/mol. The zero-order valence-corrected chi connectivity index (χ0v) is 11.9. The molecule has 1 amide bonds. The normalized spacial score (nSPS) is 15.4. The first kappa shape index (κ1) is 14.3. The minimum Gasteiger partial charge on any atom is -0.354 e. The summed E-state index contributed by atoms with van der Waals surface area (Å²) in [7, 11) is 0. The number of likely N-dealkylation sites (tertiary alicyclic amines) is 1. The Hall–Kier alpha value is -1.14. The molecule has 0 saturated carbocycles. The highest BCUT2D eigenvalue weighted by Crippen LogP contribution is 2.11. The van der Waals surface area contributed by atoms with E-state index in [2.05, 4.69) is 20.3 Å². The predicted octanol–water partition coefficient (Wildman–Crippen LogP) is 1.99. The quantitative estimate of drug-likeness (QED) is 0.921. The van der Waals surface area contributed by atoms with Crippen LogP contribution < -0.4 is 5.32 Å². The van der Waals surface area contributed by atoms with Crippen molar-refractivity contribution in [3.8, 4) is 0 Å². The van der Waals surface area contributed by atoms with Crippen LogP contribution in [0.25, 0.3) is 0 Å². The zero-order chi connectivity index (χ0) is 13.7. The summed E-state index contributed by atoms with van der Waals surface area (Å²) in [5.74, 6) is 0.440. The second-order valence-electron chi connectivity index (χ2n) is 4.32. The van der Waals surface area contributed by atoms with Gasteiger partial charge >= 0.3 is 0 Å². The summed E-state index contributed by atoms with van der Waals surface area (Å²) in [6.45, 7) is 2.18. The Kier molecular flexibility index (Phi) is 5.15. The lowest BCUT2D eigenvalue weighted by molar-refractivity contribution is -0.131. The maximum atomic E-state index is 11.9. The van der Waals surface area contributed by atoms with Gasteiger partial charge in [0, 0.05) is 26.1 Å². The molecule has 8 heteroatoms. The van der Waals surface area contributed by atoms with E-state index in [1.54, 1.807) is 0 Å². The lowest BCUT2D eigenvalue weighted by Crippen LogP contribution is -2.36. The molecule has 1 fully saturated rings. The zero-order valence-electron chi connectivity index (χ0n) is 10.4. The molecule has 6 nitrogen and oxygen atoms in total. The smallest absolute Gasteiger partial charge is 0.228 e. The average molecular weight is 304 g/mol. The Balaban J connectivity index is 1.77. The van der Waals surface area contributed by atoms with E-state index in [1.807, 2.05) is 4.90 Å². The summed E-state index contributed by atoms with van der Waals surface area (Å²) in [6.07, 6.45) is 3.81. The molecule has 1 aromatic heterocycles. The van der Waals surface area contributed by atoms with Crippen molar-refractivity contribution in [2.24, 2.45) is 0 Å². The van der Waals surface area contributed by atoms with E-state index in [0.29, 0.717) is 13.0 Å². The van der Waals surface area contributed by atoms with Gasteiger partial charge in [0.25, 0.3) is 0 Å². The molecule has 1 aliphatic rings. The molecule has 0 spiro atoms. The fourth-order valence-corrected chi connectivity index (χ4v) is 2.35. The van der Waals surface area contributed by atoms with Gasteiger partial charge < -0.3 is 10.2 Å². The van der Waals surface area contributed by atoms with Gasteiger partial charge in [-0.15, -0.1) is 0 Å². The van der Waals surface area contributed by atoms with Gasteiger partial charge in [0.1, 0.15) is 0 Å². The van der Waals surface area contributed by atoms with Crippen LogP contribution in [-0.4, -0.2) is 45.4 Å². The van der Waals surface area contributed by atoms with Gasteiger partial charge in [-0.3, -0.25) is 4.79 Å². The third kappa shape index (κ3) is 4.47. The number of rotatable bonds is 4. The summed E-state index contributed by atoms with van der Waals surface area (Å²) < 4.78 is 0. The second-order valence-corrected chi connectivity index (χ2v) is 4.99. The maximum absolute atomic E-state index is 11.9. The Bertz CT molecular complexity index is 430. The first-order valence-corrected chi connectivity index (χ1v) is 6.99. The molecule has 2 heterocycles. The molecule has 1 saturated heterocycles. The van der Waals surface area contributed by atoms with Crippen molar-refractivity contribution in [3.63, 3.8) is 0 Å². The van der Waals surface area contributed by atoms with E-state index >= 15 is 0 Å². The molecule has 0 radical (unpaired) electrons. The molecule has 1 N–H and O–H groups in total. The first-order chi connectivity index (χ1) is 9.15. The molecule has 19 heavy (non-hydrogen) atoms. The summed E-state index contributed by atoms with van der Waals surface area (Å²) in [6, 6.07) is 0. The van der Waals surface area contributed by atoms with E-state index in [9.17, 15) is 4.79 Å². The standard InChI is InChI=1S/C11H15Cl2N5O/c12-9-15-10(13)17-11(16-9)14-5-4-8(19)18-6-2-1-3-7-18/h1-7H2,(H,14,15,16,17). The minimum absolute atomic E-state index is 0.0323. The van der Waals surface area contributed by atoms with Gasteiger partial charge in [-0.2, -0.15) is 15.0 Å². The number of hydrogen-bond donors (Lipinski definition) is 1. The van der Waals surface area contributed by atoms with Crippen LogP contribution in [0, 0.1) is 0 Å². The molecular formula is C11H15Cl2N5O. The summed E-state index contributed by atoms with van der Waals surface area (Å²) >= 11 is 11.3. The molecule has 0 aromatic carbocycles. The number of carbonyl (C=O) groups excluding carboxylic acids is 1. The molecule has 0 bridgehead atoms. The second kappa shape index (κ2) is 6.86. The molecule has 0 aliphatic carbocycles. The topological polar surface area (TPSA) is 71.0 Å². The number of hydrogen-bond acceptors (Lipinski definition) is 5. The van der Waals surface area contributed by atoms with Crippen LogP contribution in [0.3, 0.4) is 0 Å². The first-order valence-electron chi connectivity index (χ1n) is 6.24. The van der Waals surface area contributed by atoms with Crippen molar-refractivity contribution in [1.82, 2.24) is 19.9 Å². The molecule has 1 aliphatic heterocycles. The van der Waals surface area contributed by atoms with Crippen LogP contribution in [0.2, 0.25) is 10.6 Å². The average Bonchev–Trinajstić information content (AvgIpc) is 2.38. The van der Waals surface area contributed by atoms with Gasteiger partial charge in [-0.05, 0) is 42.5 Å². The van der Waals surface area contributed by atoms with E-state index in [4.69, 9.17) is 23.2 Å². The fraction of sp³-hybridized carbons (Fsp3) is 0.636. The molecule has 1 aromatic rings. The summed E-state index contributed by atoms with van der Waals surface area (Å²) in [5.41, 5.74) is 0. The molecule has 0 atom stereocenters. The molecular weight excluding hydrogens is 289 g/mol. The van der Waals surface area contributed by atoms with Crippen LogP contribution in [0.5, 0.6) is 0 Å². The lowest BCUT2D eigenvalue weighted by Gasteiger charge is -2.26. The highest BCUT2D eigenvalue weighted by atomic mass is 35.5. The highest BCUT2D eigenvalue weighted by Gasteiger charge is 2.15. The van der Waals surface area contributed by atoms with Crippen LogP contribution in [0.4, 0.5) is 5.95 Å². The van der Waals surface area contributed by atoms with Crippen molar-refractivity contribution in [1.29, 1.82) is 0 Å². The lowest BCUT2D eigenvalue weighted by atomic mass is 10.1. The van der Waals surface area contributed by atoms with Gasteiger partial charge in [0.15, 0.2) is 0 Å². The Morgan fingerprint density at radius 1 is 1.11 bits per heavy atom. The van der Waals surface area contributed by atoms with Crippen molar-refractivity contribution < 1.29 is 4.79 Å². The van der Waals surface area contributed by atoms with Gasteiger partial charge in [-0.1, -0.05) is 0 Å². The number of anilines is 1. The minimum atomic E-state index is 0.0323. The van der Waals surface area contributed by atoms with Crippen molar-refractivity contribution >= 4 is 35.1 Å². The highest BCUT2D eigenvalue weighted by molar-refractivity contribution is 6.31. The van der Waals surface area contributed by atoms with E-state index in [-0.39, 0.29) is 22.4 Å². The number of nitrogens with one attached hydrogen (secondary N) is 1. The number of amides is 1. The summed E-state index contributed by atoms with van der Waals surface area (Å²) in [5, 5.41) is 2.98. The molecule has 104 valence electrons. The van der Waals surface area contributed by atoms with Gasteiger partial charge in [0.2, 0.25) is 22.4 Å². The van der Waals surface area contributed by atoms with Crippen LogP contribution >= 0.6 is 23.2 Å². The van der Waals surface area contributed by atoms with Crippen LogP contribution in [0.1, 0.15) is 25.7 Å². The van der Waals surface area contributed by atoms with E-state index < -0.39 is 0 Å². The van der Waals surface area contributed by atoms with Crippen LogP contribution in [0.15, 0.2) is 0 Å². The largest absolute Gasteiger partial charge is 0.354 e. The van der Waals surface area contributed by atoms with Gasteiger partial charge in [-0.25, -0.2) is 0 Å². The van der Waals surface area contributed by atoms with Crippen molar-refractivity contribution in [3.05, 3.63) is 10.6 Å². The predicted molar refractivity (Wildman–Crippen MR) is 73.4 cm³/mol. The number of aromatic nitrogens is 3. The SMILES string of the molecule is O=C(CCNc1nc(Cl)nc(Cl)n1)N1CCCCC1. The Morgan fingerprint density at radius 3 is 2.37 bits per heavy atom. The van der Waals surface area contributed by atoms with Crippen molar-refractivity contribution in [2.45, 2.75) is 25.7 Å². The van der Waals surface area contributed by atoms with Gasteiger partial charge in [0.05, 0.1) is 0 Å². The number of halogens is 2. The summed E-state index contributed by atoms with van der Waals surface area (Å²) in [4.78, 5) is 25.2. The van der Waals surface area contributed by atoms with Crippen molar-refractivity contribution in [2.75, 3.05) is 25.0 Å². The third-order valence-corrected chi connectivity index (χ3v) is 3.25. The Labute approximate surface area is 121 Å². The third-order valence-electron chi connectivity index (χ3n) is 2.91. The van der Waals surface area contributed by atoms with Crippen LogP contribution in [-0.2, 0) is 4.79 Å². The maximum Gasteiger partial charge on any atom is 0.228 e. The molecule has 2 rings (SSSR count).